The summed E-state index contributed by atoms with van der Waals surface area (Å²) in [6.45, 7) is 7.50. The van der Waals surface area contributed by atoms with Gasteiger partial charge in [-0.05, 0) is 31.2 Å². The van der Waals surface area contributed by atoms with Crippen LogP contribution in [0.2, 0.25) is 0 Å². The van der Waals surface area contributed by atoms with Crippen molar-refractivity contribution in [2.45, 2.75) is 45.2 Å². The summed E-state index contributed by atoms with van der Waals surface area (Å²) < 4.78 is 1.94. The molecule has 156 valence electrons. The molecule has 1 aliphatic heterocycles. The number of hydrogen-bond donors (Lipinski definition) is 1. The van der Waals surface area contributed by atoms with E-state index < -0.39 is 0 Å². The highest BCUT2D eigenvalue weighted by atomic mass is 16.3. The summed E-state index contributed by atoms with van der Waals surface area (Å²) >= 11 is 0. The number of rotatable bonds is 7. The van der Waals surface area contributed by atoms with E-state index in [-0.39, 0.29) is 18.2 Å². The number of aromatic nitrogens is 2. The number of piperazine rings is 1. The van der Waals surface area contributed by atoms with Crippen LogP contribution in [-0.4, -0.2) is 63.8 Å². The fraction of sp³-hybridized carbons (Fsp3) is 0.565. The molecule has 1 aromatic carbocycles. The second-order valence-electron chi connectivity index (χ2n) is 8.15. The molecule has 2 heterocycles. The molecule has 1 atom stereocenters. The Hall–Kier alpha value is -2.02. The molecule has 1 N–H and O–H groups in total. The van der Waals surface area contributed by atoms with E-state index in [9.17, 15) is 9.90 Å². The van der Waals surface area contributed by atoms with Gasteiger partial charge in [-0.25, -0.2) is 4.98 Å². The molecule has 0 saturated carbocycles. The normalized spacial score (nSPS) is 18.7. The van der Waals surface area contributed by atoms with E-state index in [1.807, 2.05) is 22.8 Å². The summed E-state index contributed by atoms with van der Waals surface area (Å²) in [6, 6.07) is 10.4. The second kappa shape index (κ2) is 9.20. The first kappa shape index (κ1) is 20.3. The van der Waals surface area contributed by atoms with Crippen LogP contribution in [0.3, 0.4) is 0 Å². The van der Waals surface area contributed by atoms with Gasteiger partial charge in [0.05, 0.1) is 24.9 Å². The Labute approximate surface area is 172 Å². The molecule has 0 bridgehead atoms. The average Bonchev–Trinajstić information content (AvgIpc) is 3.22. The first-order chi connectivity index (χ1) is 14.2. The van der Waals surface area contributed by atoms with E-state index in [2.05, 4.69) is 28.9 Å². The zero-order valence-electron chi connectivity index (χ0n) is 17.4. The largest absolute Gasteiger partial charge is 0.395 e. The van der Waals surface area contributed by atoms with E-state index >= 15 is 0 Å². The zero-order chi connectivity index (χ0) is 20.2. The quantitative estimate of drug-likeness (QED) is 0.774. The summed E-state index contributed by atoms with van der Waals surface area (Å²) in [6.07, 6.45) is 3.74. The third-order valence-corrected chi connectivity index (χ3v) is 6.35. The minimum absolute atomic E-state index is 0.147. The fourth-order valence-corrected chi connectivity index (χ4v) is 4.76. The second-order valence-corrected chi connectivity index (χ2v) is 8.15. The van der Waals surface area contributed by atoms with Gasteiger partial charge in [-0.2, -0.15) is 0 Å². The van der Waals surface area contributed by atoms with E-state index in [0.29, 0.717) is 6.54 Å². The van der Waals surface area contributed by atoms with E-state index in [1.54, 1.807) is 0 Å². The standard InChI is InChI=1S/C23H32N4O2/c1-2-21(26-13-11-25(12-14-26)15-16-28)22-24-20-10-6-9-19(20)23(29)27(22)17-18-7-4-3-5-8-18/h3-5,7-8,21,28H,2,6,9-17H2,1H3. The first-order valence-electron chi connectivity index (χ1n) is 10.9. The highest BCUT2D eigenvalue weighted by Gasteiger charge is 2.29. The molecule has 0 amide bonds. The minimum atomic E-state index is 0.147. The number of benzene rings is 1. The van der Waals surface area contributed by atoms with Gasteiger partial charge in [0, 0.05) is 38.3 Å². The van der Waals surface area contributed by atoms with Crippen molar-refractivity contribution in [3.8, 4) is 0 Å². The fourth-order valence-electron chi connectivity index (χ4n) is 4.76. The summed E-state index contributed by atoms with van der Waals surface area (Å²) in [5.41, 5.74) is 3.24. The van der Waals surface area contributed by atoms with E-state index in [4.69, 9.17) is 4.98 Å². The van der Waals surface area contributed by atoms with Gasteiger partial charge in [-0.15, -0.1) is 0 Å². The van der Waals surface area contributed by atoms with Gasteiger partial charge in [-0.3, -0.25) is 19.2 Å². The van der Waals surface area contributed by atoms with Gasteiger partial charge in [0.2, 0.25) is 0 Å². The lowest BCUT2D eigenvalue weighted by Gasteiger charge is -2.39. The number of aryl methyl sites for hydroxylation is 1. The summed E-state index contributed by atoms with van der Waals surface area (Å²) in [5.74, 6) is 0.928. The molecule has 1 saturated heterocycles. The lowest BCUT2D eigenvalue weighted by molar-refractivity contribution is 0.0771. The topological polar surface area (TPSA) is 61.6 Å². The maximum absolute atomic E-state index is 13.4. The van der Waals surface area contributed by atoms with Gasteiger partial charge in [0.25, 0.3) is 5.56 Å². The average molecular weight is 397 g/mol. The predicted octanol–water partition coefficient (Wildman–Crippen LogP) is 1.84. The lowest BCUT2D eigenvalue weighted by atomic mass is 10.1. The maximum Gasteiger partial charge on any atom is 0.257 e. The predicted molar refractivity (Wildman–Crippen MR) is 114 cm³/mol. The van der Waals surface area contributed by atoms with Crippen LogP contribution >= 0.6 is 0 Å². The van der Waals surface area contributed by atoms with Crippen molar-refractivity contribution in [3.05, 3.63) is 63.3 Å². The van der Waals surface area contributed by atoms with Crippen molar-refractivity contribution in [1.82, 2.24) is 19.4 Å². The van der Waals surface area contributed by atoms with Crippen molar-refractivity contribution in [1.29, 1.82) is 0 Å². The van der Waals surface area contributed by atoms with Crippen molar-refractivity contribution in [2.75, 3.05) is 39.3 Å². The zero-order valence-corrected chi connectivity index (χ0v) is 17.4. The van der Waals surface area contributed by atoms with E-state index in [1.165, 1.54) is 0 Å². The molecule has 1 aliphatic carbocycles. The van der Waals surface area contributed by atoms with Crippen LogP contribution in [0.1, 0.15) is 48.5 Å². The van der Waals surface area contributed by atoms with Gasteiger partial charge in [-0.1, -0.05) is 37.3 Å². The maximum atomic E-state index is 13.4. The Kier molecular flexibility index (Phi) is 6.43. The first-order valence-corrected chi connectivity index (χ1v) is 10.9. The minimum Gasteiger partial charge on any atom is -0.395 e. The number of aliphatic hydroxyl groups excluding tert-OH is 1. The molecule has 29 heavy (non-hydrogen) atoms. The Balaban J connectivity index is 1.67. The SMILES string of the molecule is CCC(c1nc2c(c(=O)n1Cc1ccccc1)CCC2)N1CCN(CCO)CC1. The highest BCUT2D eigenvalue weighted by molar-refractivity contribution is 5.26. The Morgan fingerprint density at radius 2 is 1.86 bits per heavy atom. The molecule has 0 spiro atoms. The number of β-amino-alcohol motifs (C(OH)–C–C–N with tert-alkyl or cyclic N) is 1. The van der Waals surface area contributed by atoms with Gasteiger partial charge >= 0.3 is 0 Å². The molecule has 6 heteroatoms. The van der Waals surface area contributed by atoms with Crippen molar-refractivity contribution in [3.63, 3.8) is 0 Å². The van der Waals surface area contributed by atoms with E-state index in [0.717, 1.165) is 81.1 Å². The van der Waals surface area contributed by atoms with Crippen LogP contribution in [0.5, 0.6) is 0 Å². The van der Waals surface area contributed by atoms with Crippen LogP contribution in [0.4, 0.5) is 0 Å². The Bertz CT molecular complexity index is 872. The van der Waals surface area contributed by atoms with Gasteiger partial charge in [0.1, 0.15) is 5.82 Å². The van der Waals surface area contributed by atoms with Crippen LogP contribution in [0.25, 0.3) is 0 Å². The highest BCUT2D eigenvalue weighted by Crippen LogP contribution is 2.27. The molecule has 0 radical (unpaired) electrons. The molecular formula is C23H32N4O2. The van der Waals surface area contributed by atoms with Gasteiger partial charge < -0.3 is 5.11 Å². The Morgan fingerprint density at radius 3 is 2.55 bits per heavy atom. The third-order valence-electron chi connectivity index (χ3n) is 6.35. The molecule has 2 aliphatic rings. The van der Waals surface area contributed by atoms with Crippen LogP contribution in [0.15, 0.2) is 35.1 Å². The number of aliphatic hydroxyl groups is 1. The molecule has 2 aromatic rings. The molecule has 1 unspecified atom stereocenters. The summed E-state index contributed by atoms with van der Waals surface area (Å²) in [7, 11) is 0. The Morgan fingerprint density at radius 1 is 1.10 bits per heavy atom. The summed E-state index contributed by atoms with van der Waals surface area (Å²) in [4.78, 5) is 23.2. The van der Waals surface area contributed by atoms with Crippen molar-refractivity contribution in [2.24, 2.45) is 0 Å². The van der Waals surface area contributed by atoms with Crippen LogP contribution in [-0.2, 0) is 19.4 Å². The third kappa shape index (κ3) is 4.29. The van der Waals surface area contributed by atoms with Crippen molar-refractivity contribution < 1.29 is 5.11 Å². The number of hydrogen-bond acceptors (Lipinski definition) is 5. The van der Waals surface area contributed by atoms with Crippen LogP contribution < -0.4 is 5.56 Å². The monoisotopic (exact) mass is 396 g/mol. The number of fused-ring (bicyclic) bond motifs is 1. The molecule has 6 nitrogen and oxygen atoms in total. The number of nitrogens with zero attached hydrogens (tertiary/aromatic N) is 4. The molecular weight excluding hydrogens is 364 g/mol. The van der Waals surface area contributed by atoms with Crippen LogP contribution in [0, 0.1) is 0 Å². The van der Waals surface area contributed by atoms with Crippen molar-refractivity contribution >= 4 is 0 Å². The molecule has 4 rings (SSSR count). The van der Waals surface area contributed by atoms with Gasteiger partial charge in [0.15, 0.2) is 0 Å². The smallest absolute Gasteiger partial charge is 0.257 e. The lowest BCUT2D eigenvalue weighted by Crippen LogP contribution is -2.49. The summed E-state index contributed by atoms with van der Waals surface area (Å²) in [5, 5.41) is 9.21. The molecule has 1 fully saturated rings. The molecule has 1 aromatic heterocycles.